The Balaban J connectivity index is 1.08. The van der Waals surface area contributed by atoms with Gasteiger partial charge in [-0.15, -0.1) is 0 Å². The Morgan fingerprint density at radius 3 is 2.19 bits per heavy atom. The third-order valence-corrected chi connectivity index (χ3v) is 7.97. The van der Waals surface area contributed by atoms with E-state index in [4.69, 9.17) is 11.6 Å². The van der Waals surface area contributed by atoms with Crippen molar-refractivity contribution >= 4 is 23.3 Å². The summed E-state index contributed by atoms with van der Waals surface area (Å²) in [6.07, 6.45) is 8.52. The van der Waals surface area contributed by atoms with Gasteiger partial charge < -0.3 is 5.32 Å². The van der Waals surface area contributed by atoms with E-state index in [1.54, 1.807) is 16.0 Å². The van der Waals surface area contributed by atoms with Crippen LogP contribution in [0.15, 0.2) is 48.5 Å². The molecule has 1 N–H and O–H groups in total. The third-order valence-electron chi connectivity index (χ3n) is 7.72. The van der Waals surface area contributed by atoms with E-state index in [1.807, 2.05) is 31.3 Å². The van der Waals surface area contributed by atoms with Gasteiger partial charge in [-0.1, -0.05) is 35.9 Å². The Morgan fingerprint density at radius 1 is 0.968 bits per heavy atom. The van der Waals surface area contributed by atoms with Crippen molar-refractivity contribution in [2.24, 2.45) is 5.92 Å². The van der Waals surface area contributed by atoms with Gasteiger partial charge in [-0.3, -0.25) is 9.80 Å². The summed E-state index contributed by atoms with van der Waals surface area (Å²) in [5.41, 5.74) is 4.02. The topological polar surface area (TPSA) is 35.6 Å². The second kappa shape index (κ2) is 8.84. The molecule has 2 heterocycles. The highest BCUT2D eigenvalue weighted by Gasteiger charge is 2.43. The minimum absolute atomic E-state index is 0.0304. The van der Waals surface area contributed by atoms with Crippen LogP contribution in [-0.4, -0.2) is 30.6 Å². The molecule has 5 heteroatoms. The van der Waals surface area contributed by atoms with Crippen molar-refractivity contribution in [3.63, 3.8) is 0 Å². The minimum Gasteiger partial charge on any atom is -0.335 e. The highest BCUT2D eigenvalue weighted by atomic mass is 35.5. The molecule has 0 spiro atoms. The zero-order valence-corrected chi connectivity index (χ0v) is 19.0. The summed E-state index contributed by atoms with van der Waals surface area (Å²) in [5.74, 6) is 0.783. The molecule has 2 aliphatic heterocycles. The van der Waals surface area contributed by atoms with Crippen LogP contribution in [0.4, 0.5) is 10.5 Å². The molecule has 31 heavy (non-hydrogen) atoms. The number of urea groups is 1. The Hall–Kier alpha value is -2.04. The number of hydrogen-bond acceptors (Lipinski definition) is 2. The fourth-order valence-electron chi connectivity index (χ4n) is 5.94. The maximum absolute atomic E-state index is 12.6. The van der Waals surface area contributed by atoms with Crippen LogP contribution in [0.2, 0.25) is 5.02 Å². The highest BCUT2D eigenvalue weighted by molar-refractivity contribution is 6.30. The minimum atomic E-state index is -0.0304. The van der Waals surface area contributed by atoms with Crippen molar-refractivity contribution in [2.45, 2.75) is 63.1 Å². The van der Waals surface area contributed by atoms with Crippen LogP contribution in [0.1, 0.15) is 68.2 Å². The third kappa shape index (κ3) is 4.20. The Labute approximate surface area is 190 Å². The van der Waals surface area contributed by atoms with E-state index in [9.17, 15) is 4.79 Å². The van der Waals surface area contributed by atoms with Gasteiger partial charge >= 0.3 is 6.03 Å². The lowest BCUT2D eigenvalue weighted by Gasteiger charge is -2.32. The fourth-order valence-corrected chi connectivity index (χ4v) is 6.07. The van der Waals surface area contributed by atoms with E-state index in [0.29, 0.717) is 17.1 Å². The summed E-state index contributed by atoms with van der Waals surface area (Å²) in [6, 6.07) is 18.0. The Bertz CT molecular complexity index is 892. The van der Waals surface area contributed by atoms with Gasteiger partial charge in [0.25, 0.3) is 0 Å². The number of fused-ring (bicyclic) bond motifs is 5. The van der Waals surface area contributed by atoms with Crippen LogP contribution < -0.4 is 10.2 Å². The van der Waals surface area contributed by atoms with Crippen LogP contribution in [0, 0.1) is 5.92 Å². The van der Waals surface area contributed by atoms with E-state index < -0.39 is 0 Å². The number of anilines is 1. The van der Waals surface area contributed by atoms with Crippen molar-refractivity contribution < 1.29 is 4.79 Å². The van der Waals surface area contributed by atoms with Crippen molar-refractivity contribution in [1.29, 1.82) is 0 Å². The van der Waals surface area contributed by atoms with Gasteiger partial charge in [-0.05, 0) is 92.8 Å². The molecule has 5 rings (SSSR count). The monoisotopic (exact) mass is 437 g/mol. The smallest absolute Gasteiger partial charge is 0.321 e. The summed E-state index contributed by atoms with van der Waals surface area (Å²) in [4.78, 5) is 17.1. The highest BCUT2D eigenvalue weighted by Crippen LogP contribution is 2.53. The number of rotatable bonds is 5. The Kier molecular flexibility index (Phi) is 5.94. The second-order valence-electron chi connectivity index (χ2n) is 9.47. The molecule has 2 aromatic carbocycles. The first kappa shape index (κ1) is 20.8. The zero-order valence-electron chi connectivity index (χ0n) is 18.3. The molecule has 0 radical (unpaired) electrons. The summed E-state index contributed by atoms with van der Waals surface area (Å²) < 4.78 is 0. The summed E-state index contributed by atoms with van der Waals surface area (Å²) in [6.45, 7) is 1.21. The lowest BCUT2D eigenvalue weighted by atomic mass is 9.84. The van der Waals surface area contributed by atoms with Crippen molar-refractivity contribution in [1.82, 2.24) is 10.2 Å². The first-order chi connectivity index (χ1) is 15.1. The van der Waals surface area contributed by atoms with Crippen molar-refractivity contribution in [2.75, 3.05) is 18.5 Å². The molecule has 2 unspecified atom stereocenters. The van der Waals surface area contributed by atoms with E-state index >= 15 is 0 Å². The first-order valence-corrected chi connectivity index (χ1v) is 12.1. The lowest BCUT2D eigenvalue weighted by molar-refractivity contribution is 0.186. The molecule has 2 fully saturated rings. The predicted molar refractivity (Wildman–Crippen MR) is 127 cm³/mol. The van der Waals surface area contributed by atoms with Crippen LogP contribution >= 0.6 is 11.6 Å². The number of nitrogens with one attached hydrogen (secondary N) is 1. The van der Waals surface area contributed by atoms with Gasteiger partial charge in [0.15, 0.2) is 0 Å². The molecule has 164 valence electrons. The van der Waals surface area contributed by atoms with E-state index in [-0.39, 0.29) is 12.1 Å². The number of nitrogens with zero attached hydrogens (tertiary/aromatic N) is 2. The fraction of sp³-hybridized carbons (Fsp3) is 0.500. The number of benzene rings is 2. The second-order valence-corrected chi connectivity index (χ2v) is 9.90. The van der Waals surface area contributed by atoms with Crippen LogP contribution in [-0.2, 0) is 0 Å². The SMILES string of the molecule is CN(C(=O)NC1CCC(CCN2C3CCC2c2ccccc23)CC1)c1ccc(Cl)cc1. The molecule has 1 saturated carbocycles. The molecule has 2 amide bonds. The summed E-state index contributed by atoms with van der Waals surface area (Å²) in [5, 5.41) is 3.91. The van der Waals surface area contributed by atoms with Gasteiger partial charge in [0.05, 0.1) is 0 Å². The molecule has 1 saturated heterocycles. The number of carbonyl (C=O) groups excluding carboxylic acids is 1. The van der Waals surface area contributed by atoms with E-state index in [2.05, 4.69) is 34.5 Å². The van der Waals surface area contributed by atoms with Crippen LogP contribution in [0.3, 0.4) is 0 Å². The maximum atomic E-state index is 12.6. The molecular formula is C26H32ClN3O. The molecule has 2 aromatic rings. The van der Waals surface area contributed by atoms with E-state index in [1.165, 1.54) is 38.6 Å². The number of hydrogen-bond donors (Lipinski definition) is 1. The van der Waals surface area contributed by atoms with Crippen molar-refractivity contribution in [3.8, 4) is 0 Å². The number of halogens is 1. The van der Waals surface area contributed by atoms with Crippen molar-refractivity contribution in [3.05, 3.63) is 64.7 Å². The quantitative estimate of drug-likeness (QED) is 0.593. The van der Waals surface area contributed by atoms with Gasteiger partial charge in [-0.25, -0.2) is 4.79 Å². The van der Waals surface area contributed by atoms with Gasteiger partial charge in [0.2, 0.25) is 0 Å². The van der Waals surface area contributed by atoms with E-state index in [0.717, 1.165) is 24.4 Å². The molecule has 1 aliphatic carbocycles. The summed E-state index contributed by atoms with van der Waals surface area (Å²) >= 11 is 5.95. The van der Waals surface area contributed by atoms with Gasteiger partial charge in [0.1, 0.15) is 0 Å². The zero-order chi connectivity index (χ0) is 21.4. The molecule has 4 nitrogen and oxygen atoms in total. The molecular weight excluding hydrogens is 406 g/mol. The Morgan fingerprint density at radius 2 is 1.58 bits per heavy atom. The summed E-state index contributed by atoms with van der Waals surface area (Å²) in [7, 11) is 1.81. The van der Waals surface area contributed by atoms with Crippen LogP contribution in [0.25, 0.3) is 0 Å². The largest absolute Gasteiger partial charge is 0.335 e. The van der Waals surface area contributed by atoms with Gasteiger partial charge in [-0.2, -0.15) is 0 Å². The standard InChI is InChI=1S/C26H32ClN3O/c1-29(21-12-8-19(27)9-13-21)26(31)28-20-10-6-18(7-11-20)16-17-30-24-14-15-25(30)23-5-3-2-4-22(23)24/h2-5,8-9,12-13,18,20,24-25H,6-7,10-11,14-17H2,1H3,(H,28,31). The van der Waals surface area contributed by atoms with Crippen LogP contribution in [0.5, 0.6) is 0 Å². The molecule has 0 aromatic heterocycles. The maximum Gasteiger partial charge on any atom is 0.321 e. The van der Waals surface area contributed by atoms with Gasteiger partial charge in [0, 0.05) is 35.9 Å². The normalized spacial score (nSPS) is 27.2. The average molecular weight is 438 g/mol. The lowest BCUT2D eigenvalue weighted by Crippen LogP contribution is -2.44. The first-order valence-electron chi connectivity index (χ1n) is 11.7. The average Bonchev–Trinajstić information content (AvgIpc) is 3.35. The molecule has 2 bridgehead atoms. The molecule has 2 atom stereocenters. The predicted octanol–water partition coefficient (Wildman–Crippen LogP) is 6.33. The number of carbonyl (C=O) groups is 1. The molecule has 3 aliphatic rings. The number of amides is 2.